The Balaban J connectivity index is 1.01. The lowest BCUT2D eigenvalue weighted by Crippen LogP contribution is -2.72. The molecule has 4 saturated carbocycles. The molecule has 9 fully saturated rings. The molecule has 5 heterocycles. The molecule has 18 nitrogen and oxygen atoms in total. The second-order valence-electron chi connectivity index (χ2n) is 23.0. The van der Waals surface area contributed by atoms with Crippen molar-refractivity contribution < 1.29 is 89.0 Å². The third kappa shape index (κ3) is 6.74. The van der Waals surface area contributed by atoms with Crippen molar-refractivity contribution in [2.75, 3.05) is 13.2 Å². The Hall–Kier alpha value is -1.43. The van der Waals surface area contributed by atoms with Crippen LogP contribution < -0.4 is 0 Å². The average Bonchev–Trinajstić information content (AvgIpc) is 3.24. The molecule has 5 aliphatic carbocycles. The minimum Gasteiger partial charge on any atom is -0.455 e. The van der Waals surface area contributed by atoms with E-state index in [0.29, 0.717) is 50.5 Å². The number of aliphatic hydroxyl groups is 10. The van der Waals surface area contributed by atoms with Crippen LogP contribution in [0.5, 0.6) is 0 Å². The Morgan fingerprint density at radius 3 is 1.97 bits per heavy atom. The first-order valence-corrected chi connectivity index (χ1v) is 23.9. The van der Waals surface area contributed by atoms with Crippen LogP contribution in [0.3, 0.4) is 0 Å². The normalized spacial score (nSPS) is 57.4. The molecule has 0 aromatic carbocycles. The SMILES string of the molecule is C[C@@H]1O[C@@H](O[C@H]2[C@H](O[C@H]3CC[C@@]4(C)C(CC[C@]5(C)C4C[C@H](O)C4=C6[C@]7(CC[C@](C)(OC7=O)[C@@]6(C)O)CC[C@]45C)C3(C)C)OC[C@H](O)[C@@H]2O[C@@H]2O[C@H](CO)[C@@H](O)[C@H](O)[C@H]2O)[C@H](O)[C@H](O)[C@H]1O. The maximum absolute atomic E-state index is 13.8. The number of ether oxygens (including phenoxy) is 7. The minimum atomic E-state index is -1.82. The fourth-order valence-corrected chi connectivity index (χ4v) is 15.3. The molecule has 24 atom stereocenters. The van der Waals surface area contributed by atoms with Crippen molar-refractivity contribution in [3.8, 4) is 0 Å². The molecule has 10 rings (SSSR count). The molecule has 1 spiro atoms. The Labute approximate surface area is 380 Å². The van der Waals surface area contributed by atoms with E-state index in [1.54, 1.807) is 6.92 Å². The van der Waals surface area contributed by atoms with Crippen molar-refractivity contribution in [1.82, 2.24) is 0 Å². The molecule has 10 aliphatic rings. The van der Waals surface area contributed by atoms with Gasteiger partial charge in [-0.2, -0.15) is 0 Å². The predicted octanol–water partition coefficient (Wildman–Crippen LogP) is 0.0534. The summed E-state index contributed by atoms with van der Waals surface area (Å²) in [5.74, 6) is -0.158. The zero-order valence-electron chi connectivity index (χ0n) is 38.9. The van der Waals surface area contributed by atoms with E-state index in [-0.39, 0.29) is 35.2 Å². The van der Waals surface area contributed by atoms with Gasteiger partial charge in [0.2, 0.25) is 0 Å². The van der Waals surface area contributed by atoms with E-state index < -0.39 is 132 Å². The zero-order chi connectivity index (χ0) is 47.4. The van der Waals surface area contributed by atoms with E-state index in [4.69, 9.17) is 33.2 Å². The molecule has 2 unspecified atom stereocenters. The van der Waals surface area contributed by atoms with E-state index in [2.05, 4.69) is 34.6 Å². The quantitative estimate of drug-likeness (QED) is 0.0918. The van der Waals surface area contributed by atoms with Gasteiger partial charge in [0.05, 0.1) is 36.9 Å². The number of hydrogen-bond acceptors (Lipinski definition) is 18. The number of carbonyl (C=O) groups is 1. The third-order valence-corrected chi connectivity index (χ3v) is 19.6. The topological polar surface area (TPSA) is 284 Å². The molecule has 0 amide bonds. The van der Waals surface area contributed by atoms with Crippen LogP contribution in [0, 0.1) is 38.9 Å². The number of hydrogen-bond donors (Lipinski definition) is 10. The van der Waals surface area contributed by atoms with E-state index in [1.165, 1.54) is 6.92 Å². The van der Waals surface area contributed by atoms with Crippen LogP contribution in [0.25, 0.3) is 0 Å². The highest BCUT2D eigenvalue weighted by molar-refractivity contribution is 5.86. The molecular weight excluding hydrogens is 852 g/mol. The van der Waals surface area contributed by atoms with Crippen molar-refractivity contribution in [1.29, 1.82) is 0 Å². The number of rotatable bonds is 7. The first-order chi connectivity index (χ1) is 30.2. The highest BCUT2D eigenvalue weighted by atomic mass is 16.8. The van der Waals surface area contributed by atoms with Gasteiger partial charge in [0.15, 0.2) is 18.9 Å². The van der Waals surface area contributed by atoms with E-state index in [1.807, 2.05) is 6.92 Å². The minimum absolute atomic E-state index is 0.0582. The monoisotopic (exact) mass is 926 g/mol. The zero-order valence-corrected chi connectivity index (χ0v) is 38.9. The lowest BCUT2D eigenvalue weighted by molar-refractivity contribution is -0.388. The van der Waals surface area contributed by atoms with Crippen LogP contribution in [0.1, 0.15) is 113 Å². The number of esters is 1. The Morgan fingerprint density at radius 2 is 1.31 bits per heavy atom. The molecule has 2 bridgehead atoms. The van der Waals surface area contributed by atoms with Crippen LogP contribution >= 0.6 is 0 Å². The van der Waals surface area contributed by atoms with Crippen molar-refractivity contribution >= 4 is 5.97 Å². The maximum Gasteiger partial charge on any atom is 0.317 e. The Kier molecular flexibility index (Phi) is 12.0. The van der Waals surface area contributed by atoms with Crippen LogP contribution in [0.15, 0.2) is 11.1 Å². The lowest BCUT2D eigenvalue weighted by Gasteiger charge is -2.73. The van der Waals surface area contributed by atoms with Crippen LogP contribution in [-0.4, -0.2) is 180 Å². The van der Waals surface area contributed by atoms with Gasteiger partial charge in [-0.1, -0.05) is 34.6 Å². The summed E-state index contributed by atoms with van der Waals surface area (Å²) < 4.78 is 43.0. The molecular formula is C47H74O18. The third-order valence-electron chi connectivity index (χ3n) is 19.6. The standard InChI is InChI=1S/C47H74O18/c1-20-28(51)30(53)32(55)37(60-20)64-35-34(63-38-33(56)31(54)29(52)23(18-48)61-38)22(50)19-59-39(35)62-26-10-11-42(4)24(41(26,2)3)9-12-43(5)25(42)17-21(49)27-36-46(8,58)45(7)14-16-47(36,40(57)65-45)15-13-44(27,43)6/h20-26,28-35,37-39,48-56,58H,9-19H2,1-8H3/t20-,21-,22-,23+,24?,25?,26-,28-,29+,30+,31-,32+,33+,34-,35+,37-,38-,39-,42-,43+,44+,45-,46-,47+/m0/s1. The second kappa shape index (κ2) is 16.0. The molecule has 10 N–H and O–H groups in total. The van der Waals surface area contributed by atoms with Gasteiger partial charge in [0, 0.05) is 0 Å². The van der Waals surface area contributed by atoms with E-state index >= 15 is 0 Å². The Bertz CT molecular complexity index is 1880. The Morgan fingerprint density at radius 1 is 0.677 bits per heavy atom. The number of aliphatic hydroxyl groups excluding tert-OH is 9. The average molecular weight is 927 g/mol. The lowest BCUT2D eigenvalue weighted by atomic mass is 9.33. The fraction of sp³-hybridized carbons (Fsp3) is 0.936. The molecule has 5 aliphatic heterocycles. The summed E-state index contributed by atoms with van der Waals surface area (Å²) in [4.78, 5) is 13.8. The van der Waals surface area contributed by atoms with Crippen LogP contribution in [0.2, 0.25) is 0 Å². The predicted molar refractivity (Wildman–Crippen MR) is 224 cm³/mol. The van der Waals surface area contributed by atoms with Crippen molar-refractivity contribution in [3.05, 3.63) is 11.1 Å². The summed E-state index contributed by atoms with van der Waals surface area (Å²) in [6, 6.07) is 0. The van der Waals surface area contributed by atoms with Gasteiger partial charge in [-0.05, 0) is 123 Å². The highest BCUT2D eigenvalue weighted by Crippen LogP contribution is 2.77. The summed E-state index contributed by atoms with van der Waals surface area (Å²) in [6.45, 7) is 15.3. The first-order valence-electron chi connectivity index (χ1n) is 23.9. The van der Waals surface area contributed by atoms with Gasteiger partial charge in [0.1, 0.15) is 72.2 Å². The van der Waals surface area contributed by atoms with Crippen molar-refractivity contribution in [2.45, 2.75) is 223 Å². The van der Waals surface area contributed by atoms with Gasteiger partial charge in [0.25, 0.3) is 0 Å². The second-order valence-corrected chi connectivity index (χ2v) is 23.0. The van der Waals surface area contributed by atoms with Crippen LogP contribution in [0.4, 0.5) is 0 Å². The van der Waals surface area contributed by atoms with Crippen LogP contribution in [-0.2, 0) is 38.0 Å². The summed E-state index contributed by atoms with van der Waals surface area (Å²) >= 11 is 0. The fourth-order valence-electron chi connectivity index (χ4n) is 15.3. The maximum atomic E-state index is 13.8. The number of carbonyl (C=O) groups excluding carboxylic acids is 1. The largest absolute Gasteiger partial charge is 0.455 e. The van der Waals surface area contributed by atoms with Gasteiger partial charge >= 0.3 is 5.97 Å². The molecule has 0 radical (unpaired) electrons. The molecule has 0 aromatic heterocycles. The molecule has 0 aromatic rings. The number of fused-ring (bicyclic) bond motifs is 7. The summed E-state index contributed by atoms with van der Waals surface area (Å²) in [5, 5.41) is 110. The first kappa shape index (κ1) is 48.6. The van der Waals surface area contributed by atoms with E-state index in [0.717, 1.165) is 18.4 Å². The highest BCUT2D eigenvalue weighted by Gasteiger charge is 2.75. The van der Waals surface area contributed by atoms with Gasteiger partial charge in [-0.25, -0.2) is 0 Å². The summed E-state index contributed by atoms with van der Waals surface area (Å²) in [6.07, 6.45) is -17.0. The molecule has 65 heavy (non-hydrogen) atoms. The molecule has 18 heteroatoms. The molecule has 370 valence electrons. The molecule has 5 saturated heterocycles. The van der Waals surface area contributed by atoms with Gasteiger partial charge < -0.3 is 84.2 Å². The summed E-state index contributed by atoms with van der Waals surface area (Å²) in [7, 11) is 0. The summed E-state index contributed by atoms with van der Waals surface area (Å²) in [5.41, 5.74) is -3.57. The van der Waals surface area contributed by atoms with Gasteiger partial charge in [-0.3, -0.25) is 4.79 Å². The van der Waals surface area contributed by atoms with Gasteiger partial charge in [-0.15, -0.1) is 0 Å². The van der Waals surface area contributed by atoms with E-state index in [9.17, 15) is 55.9 Å². The van der Waals surface area contributed by atoms with Crippen molar-refractivity contribution in [2.24, 2.45) is 38.9 Å². The van der Waals surface area contributed by atoms with Crippen molar-refractivity contribution in [3.63, 3.8) is 0 Å². The smallest absolute Gasteiger partial charge is 0.317 e.